The monoisotopic (exact) mass is 612 g/mol. The summed E-state index contributed by atoms with van der Waals surface area (Å²) in [4.78, 5) is 0. The molecule has 9 aromatic rings. The number of hydrogen-bond acceptors (Lipinski definition) is 0. The van der Waals surface area contributed by atoms with Gasteiger partial charge in [-0.2, -0.15) is 0 Å². The summed E-state index contributed by atoms with van der Waals surface area (Å²) < 4.78 is 0. The minimum Gasteiger partial charge on any atom is -0.0683 e. The molecule has 0 heteroatoms. The van der Waals surface area contributed by atoms with Crippen LogP contribution < -0.4 is 0 Å². The fourth-order valence-electron chi connectivity index (χ4n) is 7.18. The van der Waals surface area contributed by atoms with Crippen LogP contribution in [0.5, 0.6) is 0 Å². The van der Waals surface area contributed by atoms with Crippen LogP contribution in [0.2, 0.25) is 0 Å². The molecular weight excluding hydrogens is 577 g/mol. The summed E-state index contributed by atoms with van der Waals surface area (Å²) in [6, 6.07) is 66.6. The van der Waals surface area contributed by atoms with E-state index in [1.165, 1.54) is 87.6 Å². The van der Waals surface area contributed by atoms with Gasteiger partial charge in [-0.15, -0.1) is 0 Å². The van der Waals surface area contributed by atoms with Gasteiger partial charge in [-0.05, 0) is 112 Å². The van der Waals surface area contributed by atoms with Crippen LogP contribution in [0.15, 0.2) is 182 Å². The lowest BCUT2D eigenvalue weighted by atomic mass is 9.85. The number of rotatable bonds is 4. The third-order valence-corrected chi connectivity index (χ3v) is 9.40. The van der Waals surface area contributed by atoms with Crippen LogP contribution in [-0.4, -0.2) is 0 Å². The highest BCUT2D eigenvalue weighted by Crippen LogP contribution is 2.44. The lowest BCUT2D eigenvalue weighted by Crippen LogP contribution is -1.91. The second-order valence-electron chi connectivity index (χ2n) is 12.1. The molecule has 0 aliphatic heterocycles. The van der Waals surface area contributed by atoms with Crippen molar-refractivity contribution in [3.63, 3.8) is 0 Å². The Bertz CT molecular complexity index is 2520. The van der Waals surface area contributed by atoms with Gasteiger partial charge in [0.15, 0.2) is 0 Å². The minimum absolute atomic E-state index is 1.22. The van der Waals surface area contributed by atoms with Crippen LogP contribution in [0.1, 0.15) is 13.8 Å². The molecule has 0 aromatic heterocycles. The molecule has 0 spiro atoms. The summed E-state index contributed by atoms with van der Waals surface area (Å²) in [6.07, 6.45) is 0. The molecule has 0 fully saturated rings. The Hall–Kier alpha value is -5.98. The van der Waals surface area contributed by atoms with Crippen molar-refractivity contribution in [3.05, 3.63) is 182 Å². The van der Waals surface area contributed by atoms with Gasteiger partial charge in [-0.25, -0.2) is 0 Å². The van der Waals surface area contributed by atoms with Crippen molar-refractivity contribution in [2.75, 3.05) is 0 Å². The molecule has 0 heterocycles. The largest absolute Gasteiger partial charge is 0.0683 e. The molecular formula is C48H36. The molecule has 0 N–H and O–H groups in total. The maximum atomic E-state index is 2.36. The quantitative estimate of drug-likeness (QED) is 0.173. The molecule has 0 unspecified atom stereocenters. The molecule has 0 aliphatic rings. The highest BCUT2D eigenvalue weighted by molar-refractivity contribution is 6.21. The molecule has 48 heavy (non-hydrogen) atoms. The van der Waals surface area contributed by atoms with E-state index in [1.54, 1.807) is 0 Å². The van der Waals surface area contributed by atoms with Gasteiger partial charge in [0.25, 0.3) is 0 Å². The molecule has 228 valence electrons. The van der Waals surface area contributed by atoms with E-state index in [0.29, 0.717) is 0 Å². The lowest BCUT2D eigenvalue weighted by molar-refractivity contribution is 1.50. The van der Waals surface area contributed by atoms with Gasteiger partial charge in [0.2, 0.25) is 0 Å². The molecule has 9 aromatic carbocycles. The Morgan fingerprint density at radius 3 is 1.19 bits per heavy atom. The van der Waals surface area contributed by atoms with E-state index in [1.807, 2.05) is 13.8 Å². The molecule has 0 radical (unpaired) electrons. The third kappa shape index (κ3) is 5.22. The first kappa shape index (κ1) is 29.4. The highest BCUT2D eigenvalue weighted by atomic mass is 14.2. The van der Waals surface area contributed by atoms with Crippen molar-refractivity contribution >= 4 is 43.1 Å². The van der Waals surface area contributed by atoms with Crippen molar-refractivity contribution < 1.29 is 0 Å². The van der Waals surface area contributed by atoms with Gasteiger partial charge < -0.3 is 0 Å². The van der Waals surface area contributed by atoms with Gasteiger partial charge in [0.05, 0.1) is 0 Å². The van der Waals surface area contributed by atoms with Crippen molar-refractivity contribution in [2.45, 2.75) is 13.8 Å². The van der Waals surface area contributed by atoms with Crippen LogP contribution in [0, 0.1) is 0 Å². The Kier molecular flexibility index (Phi) is 7.76. The molecule has 0 amide bonds. The summed E-state index contributed by atoms with van der Waals surface area (Å²) in [7, 11) is 0. The van der Waals surface area contributed by atoms with Gasteiger partial charge in [0.1, 0.15) is 0 Å². The Morgan fingerprint density at radius 2 is 0.583 bits per heavy atom. The fraction of sp³-hybridized carbons (Fsp3) is 0.0417. The zero-order valence-electron chi connectivity index (χ0n) is 27.3. The molecule has 0 aliphatic carbocycles. The van der Waals surface area contributed by atoms with Crippen LogP contribution in [-0.2, 0) is 0 Å². The van der Waals surface area contributed by atoms with Crippen LogP contribution in [0.4, 0.5) is 0 Å². The van der Waals surface area contributed by atoms with Crippen molar-refractivity contribution in [1.29, 1.82) is 0 Å². The first-order chi connectivity index (χ1) is 23.8. The minimum atomic E-state index is 1.22. The lowest BCUT2D eigenvalue weighted by Gasteiger charge is -2.18. The maximum absolute atomic E-state index is 2.36. The van der Waals surface area contributed by atoms with Crippen LogP contribution in [0.3, 0.4) is 0 Å². The van der Waals surface area contributed by atoms with E-state index in [2.05, 4.69) is 182 Å². The highest BCUT2D eigenvalue weighted by Gasteiger charge is 2.17. The van der Waals surface area contributed by atoms with Crippen molar-refractivity contribution in [2.24, 2.45) is 0 Å². The van der Waals surface area contributed by atoms with E-state index in [4.69, 9.17) is 0 Å². The smallest absolute Gasteiger partial charge is 0.00262 e. The second kappa shape index (κ2) is 12.7. The van der Waals surface area contributed by atoms with E-state index in [-0.39, 0.29) is 0 Å². The Morgan fingerprint density at radius 1 is 0.229 bits per heavy atom. The standard InChI is InChI=1S/C46H30.C2H6/c1-2-11-31(12-3-1)35-22-23-38-28-36(24-25-37(38)27-35)34-15-10-16-39(30-34)45-41-17-6-8-19-43(41)46(44-20-9-7-18-42(44)45)40-26-21-32-13-4-5-14-33(32)29-40;1-2/h1-30H;1-2H3. The summed E-state index contributed by atoms with van der Waals surface area (Å²) in [5, 5.41) is 10.1. The average molecular weight is 613 g/mol. The van der Waals surface area contributed by atoms with Crippen LogP contribution >= 0.6 is 0 Å². The molecule has 0 nitrogen and oxygen atoms in total. The molecule has 0 atom stereocenters. The molecule has 0 saturated heterocycles. The summed E-state index contributed by atoms with van der Waals surface area (Å²) in [5.74, 6) is 0. The van der Waals surface area contributed by atoms with Gasteiger partial charge in [-0.3, -0.25) is 0 Å². The van der Waals surface area contributed by atoms with Crippen molar-refractivity contribution in [1.82, 2.24) is 0 Å². The maximum Gasteiger partial charge on any atom is -0.00262 e. The predicted molar refractivity (Wildman–Crippen MR) is 210 cm³/mol. The molecule has 9 rings (SSSR count). The Balaban J connectivity index is 0.00000165. The fourth-order valence-corrected chi connectivity index (χ4v) is 7.18. The first-order valence-electron chi connectivity index (χ1n) is 16.9. The van der Waals surface area contributed by atoms with E-state index >= 15 is 0 Å². The number of benzene rings is 9. The number of fused-ring (bicyclic) bond motifs is 4. The van der Waals surface area contributed by atoms with E-state index in [9.17, 15) is 0 Å². The predicted octanol–water partition coefficient (Wildman–Crippen LogP) is 14.0. The van der Waals surface area contributed by atoms with E-state index in [0.717, 1.165) is 0 Å². The van der Waals surface area contributed by atoms with Gasteiger partial charge in [0, 0.05) is 0 Å². The first-order valence-corrected chi connectivity index (χ1v) is 16.9. The summed E-state index contributed by atoms with van der Waals surface area (Å²) in [6.45, 7) is 4.00. The van der Waals surface area contributed by atoms with Crippen molar-refractivity contribution in [3.8, 4) is 44.5 Å². The zero-order valence-corrected chi connectivity index (χ0v) is 27.3. The second-order valence-corrected chi connectivity index (χ2v) is 12.1. The topological polar surface area (TPSA) is 0 Å². The van der Waals surface area contributed by atoms with Gasteiger partial charge in [-0.1, -0.05) is 172 Å². The Labute approximate surface area is 282 Å². The zero-order chi connectivity index (χ0) is 32.5. The summed E-state index contributed by atoms with van der Waals surface area (Å²) >= 11 is 0. The third-order valence-electron chi connectivity index (χ3n) is 9.40. The van der Waals surface area contributed by atoms with Crippen LogP contribution in [0.25, 0.3) is 87.6 Å². The normalized spacial score (nSPS) is 11.1. The average Bonchev–Trinajstić information content (AvgIpc) is 3.17. The summed E-state index contributed by atoms with van der Waals surface area (Å²) in [5.41, 5.74) is 9.99. The van der Waals surface area contributed by atoms with E-state index < -0.39 is 0 Å². The molecule has 0 bridgehead atoms. The molecule has 0 saturated carbocycles. The number of hydrogen-bond donors (Lipinski definition) is 0. The van der Waals surface area contributed by atoms with Gasteiger partial charge >= 0.3 is 0 Å². The SMILES string of the molecule is CC.c1ccc(-c2ccc3cc(-c4cccc(-c5c6ccccc6c(-c6ccc7ccccc7c6)c6ccccc56)c4)ccc3c2)cc1.